The van der Waals surface area contributed by atoms with Gasteiger partial charge in [0.2, 0.25) is 5.91 Å². The number of nitrogens with zero attached hydrogens (tertiary/aromatic N) is 6. The zero-order valence-corrected chi connectivity index (χ0v) is 17.9. The van der Waals surface area contributed by atoms with Gasteiger partial charge in [0.25, 0.3) is 5.56 Å². The van der Waals surface area contributed by atoms with Crippen LogP contribution in [-0.4, -0.2) is 63.0 Å². The van der Waals surface area contributed by atoms with Crippen molar-refractivity contribution < 1.29 is 4.79 Å². The number of carbonyl (C=O) groups is 1. The Morgan fingerprint density at radius 3 is 2.68 bits per heavy atom. The minimum absolute atomic E-state index is 0.0481. The van der Waals surface area contributed by atoms with Crippen molar-refractivity contribution in [2.24, 2.45) is 0 Å². The number of piperazine rings is 1. The fourth-order valence-electron chi connectivity index (χ4n) is 3.81. The molecule has 0 aliphatic carbocycles. The van der Waals surface area contributed by atoms with Gasteiger partial charge in [-0.05, 0) is 26.0 Å². The van der Waals surface area contributed by atoms with E-state index in [1.807, 2.05) is 43.0 Å². The largest absolute Gasteiger partial charge is 0.370 e. The Labute approximate surface area is 180 Å². The molecule has 4 rings (SSSR count). The van der Waals surface area contributed by atoms with Crippen molar-refractivity contribution in [3.8, 4) is 0 Å². The van der Waals surface area contributed by atoms with E-state index in [-0.39, 0.29) is 17.9 Å². The summed E-state index contributed by atoms with van der Waals surface area (Å²) in [4.78, 5) is 42.6. The first-order valence-electron chi connectivity index (χ1n) is 10.6. The molecule has 3 aromatic rings. The van der Waals surface area contributed by atoms with Crippen LogP contribution in [0.3, 0.4) is 0 Å². The van der Waals surface area contributed by atoms with Crippen molar-refractivity contribution in [2.45, 2.75) is 26.8 Å². The van der Waals surface area contributed by atoms with Crippen molar-refractivity contribution in [3.63, 3.8) is 0 Å². The van der Waals surface area contributed by atoms with E-state index < -0.39 is 0 Å². The molecule has 1 amide bonds. The van der Waals surface area contributed by atoms with Crippen molar-refractivity contribution in [2.75, 3.05) is 42.9 Å². The zero-order valence-electron chi connectivity index (χ0n) is 17.9. The Bertz CT molecular complexity index is 1140. The van der Waals surface area contributed by atoms with Crippen LogP contribution >= 0.6 is 0 Å². The van der Waals surface area contributed by atoms with Crippen LogP contribution in [-0.2, 0) is 11.3 Å². The van der Waals surface area contributed by atoms with Crippen LogP contribution in [0.4, 0.5) is 11.6 Å². The van der Waals surface area contributed by atoms with E-state index in [1.54, 1.807) is 6.07 Å². The van der Waals surface area contributed by atoms with E-state index in [9.17, 15) is 9.59 Å². The molecule has 1 fully saturated rings. The lowest BCUT2D eigenvalue weighted by molar-refractivity contribution is -0.131. The number of benzene rings is 1. The zero-order chi connectivity index (χ0) is 21.8. The summed E-state index contributed by atoms with van der Waals surface area (Å²) in [5.74, 6) is 2.47. The van der Waals surface area contributed by atoms with Gasteiger partial charge >= 0.3 is 0 Å². The topological polar surface area (TPSA) is 96.2 Å². The highest BCUT2D eigenvalue weighted by molar-refractivity contribution is 5.78. The molecule has 9 nitrogen and oxygen atoms in total. The summed E-state index contributed by atoms with van der Waals surface area (Å²) in [6, 6.07) is 9.20. The van der Waals surface area contributed by atoms with Crippen LogP contribution < -0.4 is 15.8 Å². The summed E-state index contributed by atoms with van der Waals surface area (Å²) < 4.78 is 1.52. The fraction of sp³-hybridized carbons (Fsp3) is 0.409. The molecule has 0 radical (unpaired) electrons. The smallest absolute Gasteiger partial charge is 0.261 e. The highest BCUT2D eigenvalue weighted by Crippen LogP contribution is 2.18. The molecule has 1 saturated heterocycles. The molecular weight excluding hydrogens is 394 g/mol. The molecule has 0 bridgehead atoms. The number of para-hydroxylation sites is 1. The van der Waals surface area contributed by atoms with Crippen molar-refractivity contribution in [1.82, 2.24) is 24.4 Å². The third-order valence-electron chi connectivity index (χ3n) is 5.44. The van der Waals surface area contributed by atoms with E-state index in [1.165, 1.54) is 10.9 Å². The van der Waals surface area contributed by atoms with Crippen LogP contribution in [0.2, 0.25) is 0 Å². The molecule has 1 aliphatic rings. The van der Waals surface area contributed by atoms with Crippen LogP contribution in [0, 0.1) is 6.92 Å². The van der Waals surface area contributed by atoms with Gasteiger partial charge in [0.15, 0.2) is 0 Å². The Morgan fingerprint density at radius 1 is 1.13 bits per heavy atom. The summed E-state index contributed by atoms with van der Waals surface area (Å²) in [5, 5.41) is 3.80. The van der Waals surface area contributed by atoms with Gasteiger partial charge in [-0.15, -0.1) is 0 Å². The van der Waals surface area contributed by atoms with E-state index in [2.05, 4.69) is 25.2 Å². The highest BCUT2D eigenvalue weighted by atomic mass is 16.2. The van der Waals surface area contributed by atoms with Gasteiger partial charge in [-0.25, -0.2) is 15.0 Å². The van der Waals surface area contributed by atoms with E-state index in [0.717, 1.165) is 24.0 Å². The molecule has 1 aliphatic heterocycles. The first-order chi connectivity index (χ1) is 15.0. The minimum atomic E-state index is -0.112. The summed E-state index contributed by atoms with van der Waals surface area (Å²) in [6.45, 7) is 7.72. The second kappa shape index (κ2) is 9.11. The quantitative estimate of drug-likeness (QED) is 0.647. The number of aromatic nitrogens is 4. The predicted molar refractivity (Wildman–Crippen MR) is 120 cm³/mol. The number of hydrogen-bond acceptors (Lipinski definition) is 7. The molecule has 0 spiro atoms. The number of amides is 1. The normalized spacial score (nSPS) is 14.1. The molecule has 0 saturated carbocycles. The summed E-state index contributed by atoms with van der Waals surface area (Å²) >= 11 is 0. The average molecular weight is 422 g/mol. The molecular formula is C22H27N7O2. The van der Waals surface area contributed by atoms with Crippen molar-refractivity contribution in [1.29, 1.82) is 0 Å². The SMILES string of the molecule is CCNc1cc(N2CCN(C(=O)CCn3cnc4ccccc4c3=O)CC2)nc(C)n1. The third-order valence-corrected chi connectivity index (χ3v) is 5.44. The van der Waals surface area contributed by atoms with Gasteiger partial charge in [-0.2, -0.15) is 0 Å². The number of hydrogen-bond donors (Lipinski definition) is 1. The molecule has 0 unspecified atom stereocenters. The lowest BCUT2D eigenvalue weighted by Crippen LogP contribution is -2.49. The molecule has 3 heterocycles. The van der Waals surface area contributed by atoms with E-state index in [4.69, 9.17) is 0 Å². The lowest BCUT2D eigenvalue weighted by Gasteiger charge is -2.35. The number of rotatable bonds is 6. The maximum atomic E-state index is 12.7. The third kappa shape index (κ3) is 4.65. The summed E-state index contributed by atoms with van der Waals surface area (Å²) in [5.41, 5.74) is 0.558. The summed E-state index contributed by atoms with van der Waals surface area (Å²) in [6.07, 6.45) is 1.80. The van der Waals surface area contributed by atoms with Crippen LogP contribution in [0.1, 0.15) is 19.2 Å². The van der Waals surface area contributed by atoms with E-state index in [0.29, 0.717) is 43.6 Å². The second-order valence-corrected chi connectivity index (χ2v) is 7.57. The molecule has 1 aromatic carbocycles. The number of carbonyl (C=O) groups excluding carboxylic acids is 1. The van der Waals surface area contributed by atoms with Crippen LogP contribution in [0.5, 0.6) is 0 Å². The Kier molecular flexibility index (Phi) is 6.11. The second-order valence-electron chi connectivity index (χ2n) is 7.57. The van der Waals surface area contributed by atoms with Gasteiger partial charge in [0.05, 0.1) is 17.2 Å². The molecule has 0 atom stereocenters. The summed E-state index contributed by atoms with van der Waals surface area (Å²) in [7, 11) is 0. The van der Waals surface area contributed by atoms with Crippen molar-refractivity contribution >= 4 is 28.4 Å². The Hall–Kier alpha value is -3.49. The average Bonchev–Trinajstić information content (AvgIpc) is 2.78. The van der Waals surface area contributed by atoms with Gasteiger partial charge in [0.1, 0.15) is 17.5 Å². The van der Waals surface area contributed by atoms with Crippen LogP contribution in [0.25, 0.3) is 10.9 Å². The molecule has 31 heavy (non-hydrogen) atoms. The number of anilines is 2. The number of nitrogens with one attached hydrogen (secondary N) is 1. The Morgan fingerprint density at radius 2 is 1.90 bits per heavy atom. The molecule has 1 N–H and O–H groups in total. The lowest BCUT2D eigenvalue weighted by atomic mass is 10.2. The van der Waals surface area contributed by atoms with Gasteiger partial charge in [-0.3, -0.25) is 14.2 Å². The molecule has 162 valence electrons. The number of fused-ring (bicyclic) bond motifs is 1. The monoisotopic (exact) mass is 421 g/mol. The van der Waals surface area contributed by atoms with E-state index >= 15 is 0 Å². The van der Waals surface area contributed by atoms with Gasteiger partial charge in [0, 0.05) is 51.8 Å². The van der Waals surface area contributed by atoms with Crippen LogP contribution in [0.15, 0.2) is 41.5 Å². The highest BCUT2D eigenvalue weighted by Gasteiger charge is 2.22. The number of aryl methyl sites for hydroxylation is 2. The maximum Gasteiger partial charge on any atom is 0.261 e. The first-order valence-corrected chi connectivity index (χ1v) is 10.6. The Balaban J connectivity index is 1.35. The first kappa shape index (κ1) is 20.8. The molecule has 9 heteroatoms. The minimum Gasteiger partial charge on any atom is -0.370 e. The fourth-order valence-corrected chi connectivity index (χ4v) is 3.81. The standard InChI is InChI=1S/C22H27N7O2/c1-3-23-19-14-20(26-16(2)25-19)27-10-12-28(13-11-27)21(30)8-9-29-15-24-18-7-5-4-6-17(18)22(29)31/h4-7,14-15H,3,8-13H2,1-2H3,(H,23,25,26). The predicted octanol–water partition coefficient (Wildman–Crippen LogP) is 1.67. The maximum absolute atomic E-state index is 12.7. The molecule has 2 aromatic heterocycles. The van der Waals surface area contributed by atoms with Gasteiger partial charge < -0.3 is 15.1 Å². The van der Waals surface area contributed by atoms with Crippen molar-refractivity contribution in [3.05, 3.63) is 52.8 Å². The van der Waals surface area contributed by atoms with Gasteiger partial charge in [-0.1, -0.05) is 12.1 Å².